The molecule has 1 saturated carbocycles. The van der Waals surface area contributed by atoms with Crippen LogP contribution in [0.1, 0.15) is 18.4 Å². The van der Waals surface area contributed by atoms with Gasteiger partial charge in [-0.25, -0.2) is 4.79 Å². The summed E-state index contributed by atoms with van der Waals surface area (Å²) in [5, 5.41) is 2.81. The molecule has 2 aliphatic rings. The maximum atomic E-state index is 11.9. The maximum Gasteiger partial charge on any atom is 0.407 e. The lowest BCUT2D eigenvalue weighted by Gasteiger charge is -2.28. The second-order valence-corrected chi connectivity index (χ2v) is 6.98. The number of halogens is 1. The van der Waals surface area contributed by atoms with Crippen molar-refractivity contribution in [1.29, 1.82) is 0 Å². The van der Waals surface area contributed by atoms with Crippen LogP contribution in [0.5, 0.6) is 0 Å². The summed E-state index contributed by atoms with van der Waals surface area (Å²) in [6, 6.07) is 9.30. The number of benzene rings is 1. The number of nitrogens with one attached hydrogen (secondary N) is 1. The summed E-state index contributed by atoms with van der Waals surface area (Å²) < 4.78 is 10.7. The average Bonchev–Trinajstić information content (AvgIpc) is 2.83. The van der Waals surface area contributed by atoms with Crippen LogP contribution in [0.4, 0.5) is 4.79 Å². The molecule has 0 radical (unpaired) electrons. The summed E-state index contributed by atoms with van der Waals surface area (Å²) in [6.07, 6.45) is 0.949. The third kappa shape index (κ3) is 3.30. The van der Waals surface area contributed by atoms with Gasteiger partial charge in [0, 0.05) is 12.5 Å². The van der Waals surface area contributed by atoms with E-state index in [1.807, 2.05) is 30.3 Å². The van der Waals surface area contributed by atoms with E-state index >= 15 is 0 Å². The van der Waals surface area contributed by atoms with E-state index in [0.29, 0.717) is 6.42 Å². The average molecular weight is 401 g/mol. The smallest absolute Gasteiger partial charge is 0.407 e. The largest absolute Gasteiger partial charge is 0.461 e. The quantitative estimate of drug-likeness (QED) is 0.480. The monoisotopic (exact) mass is 401 g/mol. The molecule has 1 aliphatic carbocycles. The molecule has 1 saturated heterocycles. The molecule has 5 nitrogen and oxygen atoms in total. The van der Waals surface area contributed by atoms with Gasteiger partial charge in [0.1, 0.15) is 12.7 Å². The summed E-state index contributed by atoms with van der Waals surface area (Å²) in [5.74, 6) is -0.433. The van der Waals surface area contributed by atoms with Crippen LogP contribution in [0.15, 0.2) is 30.3 Å². The highest BCUT2D eigenvalue weighted by molar-refractivity contribution is 14.1. The van der Waals surface area contributed by atoms with Crippen molar-refractivity contribution in [2.24, 2.45) is 5.92 Å². The summed E-state index contributed by atoms with van der Waals surface area (Å²) >= 11 is 2.28. The second-order valence-electron chi connectivity index (χ2n) is 5.38. The summed E-state index contributed by atoms with van der Waals surface area (Å²) in [5.41, 5.74) is 0.934. The molecular formula is C15H16INO4. The van der Waals surface area contributed by atoms with Gasteiger partial charge in [0.2, 0.25) is 0 Å². The van der Waals surface area contributed by atoms with Crippen molar-refractivity contribution in [3.63, 3.8) is 0 Å². The van der Waals surface area contributed by atoms with Gasteiger partial charge < -0.3 is 14.8 Å². The third-order valence-electron chi connectivity index (χ3n) is 3.94. The fourth-order valence-corrected chi connectivity index (χ4v) is 3.80. The Kier molecular flexibility index (Phi) is 4.32. The molecule has 112 valence electrons. The normalized spacial score (nSPS) is 30.6. The zero-order valence-corrected chi connectivity index (χ0v) is 13.5. The van der Waals surface area contributed by atoms with Crippen molar-refractivity contribution in [2.45, 2.75) is 35.5 Å². The van der Waals surface area contributed by atoms with Crippen molar-refractivity contribution in [2.75, 3.05) is 0 Å². The molecule has 1 heterocycles. The lowest BCUT2D eigenvalue weighted by atomic mass is 9.85. The zero-order valence-electron chi connectivity index (χ0n) is 11.3. The number of hydrogen-bond donors (Lipinski definition) is 1. The second kappa shape index (κ2) is 6.21. The van der Waals surface area contributed by atoms with E-state index in [9.17, 15) is 9.59 Å². The first-order valence-electron chi connectivity index (χ1n) is 6.95. The lowest BCUT2D eigenvalue weighted by Crippen LogP contribution is -2.46. The van der Waals surface area contributed by atoms with Crippen LogP contribution < -0.4 is 5.32 Å². The predicted molar refractivity (Wildman–Crippen MR) is 84.0 cm³/mol. The molecule has 4 atom stereocenters. The Hall–Kier alpha value is -1.31. The molecule has 1 N–H and O–H groups in total. The van der Waals surface area contributed by atoms with Gasteiger partial charge in [-0.1, -0.05) is 52.9 Å². The minimum absolute atomic E-state index is 0.00138. The van der Waals surface area contributed by atoms with Crippen LogP contribution in [-0.4, -0.2) is 28.1 Å². The van der Waals surface area contributed by atoms with Gasteiger partial charge in [0.05, 0.1) is 9.84 Å². The van der Waals surface area contributed by atoms with E-state index in [0.717, 1.165) is 12.0 Å². The van der Waals surface area contributed by atoms with E-state index in [2.05, 4.69) is 27.9 Å². The van der Waals surface area contributed by atoms with Crippen LogP contribution in [0.3, 0.4) is 0 Å². The van der Waals surface area contributed by atoms with Gasteiger partial charge in [-0.15, -0.1) is 0 Å². The van der Waals surface area contributed by atoms with Crippen LogP contribution in [-0.2, 0) is 20.9 Å². The number of esters is 1. The highest BCUT2D eigenvalue weighted by Crippen LogP contribution is 2.38. The van der Waals surface area contributed by atoms with E-state index < -0.39 is 6.09 Å². The topological polar surface area (TPSA) is 64.6 Å². The fraction of sp³-hybridized carbons (Fsp3) is 0.467. The first-order valence-corrected chi connectivity index (χ1v) is 8.20. The van der Waals surface area contributed by atoms with Crippen molar-refractivity contribution in [3.8, 4) is 0 Å². The number of carbonyl (C=O) groups is 2. The molecular weight excluding hydrogens is 385 g/mol. The number of alkyl carbamates (subject to hydrolysis) is 1. The highest BCUT2D eigenvalue weighted by Gasteiger charge is 2.48. The van der Waals surface area contributed by atoms with Crippen LogP contribution in [0.25, 0.3) is 0 Å². The number of carbonyl (C=O) groups excluding carboxylic acids is 2. The molecule has 6 heteroatoms. The standard InChI is InChI=1S/C15H16INO4/c16-11-7-12(10-6-13(11)21-14(10)18)17-15(19)20-8-9-4-2-1-3-5-9/h1-5,10-13H,6-8H2,(H,17,19)/t10-,11-,12-,13+/m1/s1. The van der Waals surface area contributed by atoms with Crippen molar-refractivity contribution in [1.82, 2.24) is 5.32 Å². The van der Waals surface area contributed by atoms with Gasteiger partial charge in [0.25, 0.3) is 0 Å². The zero-order chi connectivity index (χ0) is 14.8. The Bertz CT molecular complexity index is 536. The van der Waals surface area contributed by atoms with Crippen LogP contribution in [0, 0.1) is 5.92 Å². The highest BCUT2D eigenvalue weighted by atomic mass is 127. The van der Waals surface area contributed by atoms with Crippen molar-refractivity contribution < 1.29 is 19.1 Å². The Morgan fingerprint density at radius 3 is 2.86 bits per heavy atom. The number of ether oxygens (including phenoxy) is 2. The van der Waals surface area contributed by atoms with Crippen LogP contribution >= 0.6 is 22.6 Å². The lowest BCUT2D eigenvalue weighted by molar-refractivity contribution is -0.143. The summed E-state index contributed by atoms with van der Waals surface area (Å²) in [4.78, 5) is 23.6. The third-order valence-corrected chi connectivity index (χ3v) is 5.25. The van der Waals surface area contributed by atoms with Gasteiger partial charge in [0.15, 0.2) is 0 Å². The molecule has 2 fully saturated rings. The molecule has 0 unspecified atom stereocenters. The van der Waals surface area contributed by atoms with Gasteiger partial charge in [-0.3, -0.25) is 4.79 Å². The first kappa shape index (κ1) is 14.6. The molecule has 1 aromatic carbocycles. The van der Waals surface area contributed by atoms with E-state index in [1.54, 1.807) is 0 Å². The minimum Gasteiger partial charge on any atom is -0.461 e. The number of hydrogen-bond acceptors (Lipinski definition) is 4. The first-order chi connectivity index (χ1) is 10.1. The Morgan fingerprint density at radius 1 is 1.33 bits per heavy atom. The summed E-state index contributed by atoms with van der Waals surface area (Å²) in [7, 11) is 0. The minimum atomic E-state index is -0.481. The van der Waals surface area contributed by atoms with E-state index in [-0.39, 0.29) is 34.6 Å². The Labute approximate surface area is 136 Å². The number of rotatable bonds is 3. The SMILES string of the molecule is O=C(N[C@@H]1C[C@@H](I)[C@@H]2C[C@H]1C(=O)O2)OCc1ccccc1. The van der Waals surface area contributed by atoms with Crippen LogP contribution in [0.2, 0.25) is 0 Å². The van der Waals surface area contributed by atoms with E-state index in [4.69, 9.17) is 9.47 Å². The summed E-state index contributed by atoms with van der Waals surface area (Å²) in [6.45, 7) is 0.227. The van der Waals surface area contributed by atoms with Gasteiger partial charge in [-0.2, -0.15) is 0 Å². The predicted octanol–water partition coefficient (Wildman–Crippen LogP) is 2.42. The molecule has 1 amide bonds. The molecule has 0 spiro atoms. The number of amides is 1. The number of alkyl halides is 1. The van der Waals surface area contributed by atoms with Crippen molar-refractivity contribution in [3.05, 3.63) is 35.9 Å². The van der Waals surface area contributed by atoms with Gasteiger partial charge >= 0.3 is 12.1 Å². The van der Waals surface area contributed by atoms with E-state index in [1.165, 1.54) is 0 Å². The molecule has 0 aromatic heterocycles. The Balaban J connectivity index is 1.54. The molecule has 1 aliphatic heterocycles. The Morgan fingerprint density at radius 2 is 2.10 bits per heavy atom. The van der Waals surface area contributed by atoms with Crippen molar-refractivity contribution >= 4 is 34.7 Å². The molecule has 3 rings (SSSR count). The maximum absolute atomic E-state index is 11.9. The fourth-order valence-electron chi connectivity index (χ4n) is 2.82. The molecule has 1 aromatic rings. The molecule has 21 heavy (non-hydrogen) atoms. The molecule has 2 bridgehead atoms. The number of fused-ring (bicyclic) bond motifs is 2. The van der Waals surface area contributed by atoms with Gasteiger partial charge in [-0.05, 0) is 12.0 Å².